The molecule has 0 aromatic heterocycles. The zero-order valence-electron chi connectivity index (χ0n) is 15.5. The van der Waals surface area contributed by atoms with Crippen LogP contribution in [0.15, 0.2) is 36.9 Å². The normalized spacial score (nSPS) is 16.0. The van der Waals surface area contributed by atoms with E-state index in [4.69, 9.17) is 0 Å². The lowest BCUT2D eigenvalue weighted by atomic mass is 9.81. The van der Waals surface area contributed by atoms with Crippen molar-refractivity contribution in [3.05, 3.63) is 82.2 Å². The molecule has 0 aliphatic heterocycles. The standard InChI is InChI=1S/C23H18F6/c1-2-3-4-14-6-10-18-17(11-14)9-8-16(22(18)26)7-5-15-12-19(24)21(20(25)13-15)23(27,28)29/h2,8-9,12-14H,1,3-4,6,10-11H2. The van der Waals surface area contributed by atoms with Gasteiger partial charge in [-0.1, -0.05) is 24.0 Å². The van der Waals surface area contributed by atoms with E-state index in [0.717, 1.165) is 31.2 Å². The summed E-state index contributed by atoms with van der Waals surface area (Å²) in [5.74, 6) is 1.32. The molecule has 1 aliphatic rings. The fraction of sp³-hybridized carbons (Fsp3) is 0.304. The molecule has 3 rings (SSSR count). The minimum atomic E-state index is -5.14. The summed E-state index contributed by atoms with van der Waals surface area (Å²) < 4.78 is 80.0. The molecule has 29 heavy (non-hydrogen) atoms. The van der Waals surface area contributed by atoms with Gasteiger partial charge < -0.3 is 0 Å². The van der Waals surface area contributed by atoms with Crippen molar-refractivity contribution < 1.29 is 26.3 Å². The lowest BCUT2D eigenvalue weighted by Gasteiger charge is -2.25. The topological polar surface area (TPSA) is 0 Å². The van der Waals surface area contributed by atoms with Crippen molar-refractivity contribution >= 4 is 0 Å². The Morgan fingerprint density at radius 3 is 2.38 bits per heavy atom. The van der Waals surface area contributed by atoms with Crippen molar-refractivity contribution in [1.29, 1.82) is 0 Å². The third-order valence-corrected chi connectivity index (χ3v) is 5.10. The molecule has 1 atom stereocenters. The summed E-state index contributed by atoms with van der Waals surface area (Å²) in [7, 11) is 0. The summed E-state index contributed by atoms with van der Waals surface area (Å²) in [5.41, 5.74) is -0.714. The Morgan fingerprint density at radius 1 is 1.07 bits per heavy atom. The highest BCUT2D eigenvalue weighted by Crippen LogP contribution is 2.34. The monoisotopic (exact) mass is 408 g/mol. The van der Waals surface area contributed by atoms with Gasteiger partial charge in [0.1, 0.15) is 23.0 Å². The molecule has 0 amide bonds. The van der Waals surface area contributed by atoms with E-state index in [1.54, 1.807) is 6.07 Å². The van der Waals surface area contributed by atoms with Crippen LogP contribution in [0.2, 0.25) is 0 Å². The van der Waals surface area contributed by atoms with Crippen LogP contribution >= 0.6 is 0 Å². The highest BCUT2D eigenvalue weighted by atomic mass is 19.4. The van der Waals surface area contributed by atoms with Gasteiger partial charge in [-0.05, 0) is 67.3 Å². The minimum Gasteiger partial charge on any atom is -0.206 e. The molecule has 0 spiro atoms. The van der Waals surface area contributed by atoms with Gasteiger partial charge in [0.25, 0.3) is 0 Å². The summed E-state index contributed by atoms with van der Waals surface area (Å²) in [6.07, 6.45) is 0.814. The van der Waals surface area contributed by atoms with E-state index in [-0.39, 0.29) is 11.1 Å². The predicted molar refractivity (Wildman–Crippen MR) is 98.7 cm³/mol. The molecule has 2 aromatic carbocycles. The van der Waals surface area contributed by atoms with E-state index in [1.807, 2.05) is 6.08 Å². The zero-order chi connectivity index (χ0) is 21.2. The first-order chi connectivity index (χ1) is 13.7. The second-order valence-electron chi connectivity index (χ2n) is 7.10. The summed E-state index contributed by atoms with van der Waals surface area (Å²) >= 11 is 0. The maximum atomic E-state index is 14.8. The number of alkyl halides is 3. The van der Waals surface area contributed by atoms with Gasteiger partial charge in [-0.25, -0.2) is 13.2 Å². The Labute approximate surface area is 165 Å². The van der Waals surface area contributed by atoms with Crippen molar-refractivity contribution in [1.82, 2.24) is 0 Å². The molecule has 0 nitrogen and oxygen atoms in total. The summed E-state index contributed by atoms with van der Waals surface area (Å²) in [6.45, 7) is 3.71. The van der Waals surface area contributed by atoms with Gasteiger partial charge in [0.2, 0.25) is 0 Å². The molecule has 0 bridgehead atoms. The molecule has 152 valence electrons. The van der Waals surface area contributed by atoms with E-state index in [2.05, 4.69) is 18.4 Å². The van der Waals surface area contributed by atoms with Gasteiger partial charge in [-0.2, -0.15) is 13.2 Å². The average molecular weight is 408 g/mol. The van der Waals surface area contributed by atoms with Crippen LogP contribution in [0.1, 0.15) is 47.1 Å². The Balaban J connectivity index is 1.86. The fourth-order valence-corrected chi connectivity index (χ4v) is 3.64. The number of fused-ring (bicyclic) bond motifs is 1. The first-order valence-corrected chi connectivity index (χ1v) is 9.20. The summed E-state index contributed by atoms with van der Waals surface area (Å²) in [4.78, 5) is 0. The molecular weight excluding hydrogens is 390 g/mol. The van der Waals surface area contributed by atoms with Crippen LogP contribution in [0.5, 0.6) is 0 Å². The highest BCUT2D eigenvalue weighted by molar-refractivity contribution is 5.48. The van der Waals surface area contributed by atoms with Crippen molar-refractivity contribution in [3.8, 4) is 11.8 Å². The zero-order valence-corrected chi connectivity index (χ0v) is 15.5. The van der Waals surface area contributed by atoms with Gasteiger partial charge in [0, 0.05) is 5.56 Å². The maximum absolute atomic E-state index is 14.8. The van der Waals surface area contributed by atoms with Crippen molar-refractivity contribution in [2.75, 3.05) is 0 Å². The van der Waals surface area contributed by atoms with E-state index in [1.165, 1.54) is 6.07 Å². The Hall–Kier alpha value is -2.68. The molecule has 2 aromatic rings. The molecular formula is C23H18F6. The fourth-order valence-electron chi connectivity index (χ4n) is 3.64. The van der Waals surface area contributed by atoms with Crippen LogP contribution in [-0.4, -0.2) is 0 Å². The van der Waals surface area contributed by atoms with Crippen LogP contribution in [0.4, 0.5) is 26.3 Å². The number of allylic oxidation sites excluding steroid dienone is 1. The van der Waals surface area contributed by atoms with Crippen LogP contribution < -0.4 is 0 Å². The van der Waals surface area contributed by atoms with E-state index in [9.17, 15) is 26.3 Å². The van der Waals surface area contributed by atoms with Crippen molar-refractivity contribution in [2.24, 2.45) is 5.92 Å². The SMILES string of the molecule is C=CCCC1CCc2c(ccc(C#Cc3cc(F)c(C(F)(F)F)c(F)c3)c2F)C1. The quantitative estimate of drug-likeness (QED) is 0.305. The van der Waals surface area contributed by atoms with Crippen LogP contribution in [0.3, 0.4) is 0 Å². The first kappa shape index (κ1) is 21.0. The smallest absolute Gasteiger partial charge is 0.206 e. The lowest BCUT2D eigenvalue weighted by molar-refractivity contribution is -0.142. The largest absolute Gasteiger partial charge is 0.422 e. The third-order valence-electron chi connectivity index (χ3n) is 5.10. The molecule has 6 heteroatoms. The van der Waals surface area contributed by atoms with Gasteiger partial charge in [0.15, 0.2) is 0 Å². The van der Waals surface area contributed by atoms with Crippen LogP contribution in [-0.2, 0) is 19.0 Å². The summed E-state index contributed by atoms with van der Waals surface area (Å²) in [6, 6.07) is 4.28. The molecule has 0 saturated heterocycles. The van der Waals surface area contributed by atoms with Gasteiger partial charge in [-0.3, -0.25) is 0 Å². The molecule has 1 unspecified atom stereocenters. The third kappa shape index (κ3) is 4.67. The second-order valence-corrected chi connectivity index (χ2v) is 7.10. The van der Waals surface area contributed by atoms with Crippen LogP contribution in [0, 0.1) is 35.2 Å². The van der Waals surface area contributed by atoms with Crippen molar-refractivity contribution in [3.63, 3.8) is 0 Å². The molecule has 1 aliphatic carbocycles. The molecule has 0 saturated carbocycles. The summed E-state index contributed by atoms with van der Waals surface area (Å²) in [5, 5.41) is 0. The van der Waals surface area contributed by atoms with Gasteiger partial charge in [-0.15, -0.1) is 6.58 Å². The number of benzene rings is 2. The van der Waals surface area contributed by atoms with Crippen molar-refractivity contribution in [2.45, 2.75) is 38.3 Å². The maximum Gasteiger partial charge on any atom is 0.422 e. The average Bonchev–Trinajstić information content (AvgIpc) is 2.64. The Kier molecular flexibility index (Phi) is 6.07. The molecule has 0 N–H and O–H groups in total. The minimum absolute atomic E-state index is 0.0500. The molecule has 0 radical (unpaired) electrons. The molecule has 0 fully saturated rings. The predicted octanol–water partition coefficient (Wildman–Crippen LogP) is 6.59. The van der Waals surface area contributed by atoms with E-state index in [0.29, 0.717) is 30.0 Å². The Morgan fingerprint density at radius 2 is 1.76 bits per heavy atom. The van der Waals surface area contributed by atoms with E-state index < -0.39 is 29.2 Å². The number of hydrogen-bond donors (Lipinski definition) is 0. The molecule has 0 heterocycles. The number of rotatable bonds is 3. The Bertz CT molecular complexity index is 968. The van der Waals surface area contributed by atoms with Crippen LogP contribution in [0.25, 0.3) is 0 Å². The second kappa shape index (κ2) is 8.36. The number of halogens is 6. The van der Waals surface area contributed by atoms with E-state index >= 15 is 0 Å². The van der Waals surface area contributed by atoms with Gasteiger partial charge in [0.05, 0.1) is 5.56 Å². The first-order valence-electron chi connectivity index (χ1n) is 9.20. The highest BCUT2D eigenvalue weighted by Gasteiger charge is 2.37. The lowest BCUT2D eigenvalue weighted by Crippen LogP contribution is -2.16. The number of hydrogen-bond acceptors (Lipinski definition) is 0. The van der Waals surface area contributed by atoms with Gasteiger partial charge >= 0.3 is 6.18 Å².